The number of hydrogen-bond donors (Lipinski definition) is 0. The molecule has 0 spiro atoms. The van der Waals surface area contributed by atoms with Gasteiger partial charge in [-0.3, -0.25) is 4.79 Å². The van der Waals surface area contributed by atoms with E-state index in [0.717, 1.165) is 12.8 Å². The van der Waals surface area contributed by atoms with Crippen LogP contribution in [0.3, 0.4) is 0 Å². The topological polar surface area (TPSA) is 26.3 Å². The number of hydrogen-bond acceptors (Lipinski definition) is 2. The number of ketones is 1. The average Bonchev–Trinajstić information content (AvgIpc) is 2.15. The minimum Gasteiger partial charge on any atom is -0.407 e. The molecule has 100 valence electrons. The summed E-state index contributed by atoms with van der Waals surface area (Å²) in [6.07, 6.45) is 5.32. The molecule has 0 radical (unpaired) electrons. The van der Waals surface area contributed by atoms with Crippen LogP contribution in [-0.2, 0) is 9.22 Å². The smallest absolute Gasteiger partial charge is 0.193 e. The maximum Gasteiger partial charge on any atom is 0.193 e. The first kappa shape index (κ1) is 16.6. The van der Waals surface area contributed by atoms with Crippen LogP contribution in [0.4, 0.5) is 0 Å². The lowest BCUT2D eigenvalue weighted by molar-refractivity contribution is -0.120. The van der Waals surface area contributed by atoms with Gasteiger partial charge in [-0.1, -0.05) is 40.2 Å². The summed E-state index contributed by atoms with van der Waals surface area (Å²) >= 11 is 0. The number of allylic oxidation sites excluding steroid dienone is 1. The maximum atomic E-state index is 11.8. The number of carbonyl (C=O) groups is 1. The summed E-state index contributed by atoms with van der Waals surface area (Å²) < 4.78 is 6.03. The first-order valence-corrected chi connectivity index (χ1v) is 9.41. The van der Waals surface area contributed by atoms with Crippen LogP contribution in [0.15, 0.2) is 12.2 Å². The molecule has 0 saturated carbocycles. The zero-order valence-corrected chi connectivity index (χ0v) is 13.5. The summed E-state index contributed by atoms with van der Waals surface area (Å²) in [5, 5.41) is 0.147. The molecule has 0 aromatic heterocycles. The van der Waals surface area contributed by atoms with Gasteiger partial charge in [-0.05, 0) is 37.6 Å². The van der Waals surface area contributed by atoms with E-state index in [4.69, 9.17) is 4.43 Å². The van der Waals surface area contributed by atoms with Crippen molar-refractivity contribution >= 4 is 14.1 Å². The van der Waals surface area contributed by atoms with Crippen molar-refractivity contribution in [2.75, 3.05) is 0 Å². The molecule has 1 atom stereocenters. The Bertz CT molecular complexity index is 274. The Morgan fingerprint density at radius 2 is 1.88 bits per heavy atom. The lowest BCUT2D eigenvalue weighted by Crippen LogP contribution is -2.44. The second-order valence-corrected chi connectivity index (χ2v) is 10.9. The van der Waals surface area contributed by atoms with Gasteiger partial charge in [-0.2, -0.15) is 0 Å². The van der Waals surface area contributed by atoms with Crippen molar-refractivity contribution in [2.45, 2.75) is 71.7 Å². The zero-order valence-electron chi connectivity index (χ0n) is 12.5. The minimum absolute atomic E-state index is 0.0864. The van der Waals surface area contributed by atoms with Gasteiger partial charge in [0, 0.05) is 0 Å². The summed E-state index contributed by atoms with van der Waals surface area (Å²) in [5.74, 6) is 0.0864. The monoisotopic (exact) mass is 256 g/mol. The van der Waals surface area contributed by atoms with Crippen LogP contribution in [-0.4, -0.2) is 20.2 Å². The molecule has 0 N–H and O–H groups in total. The maximum absolute atomic E-state index is 11.8. The van der Waals surface area contributed by atoms with E-state index in [0.29, 0.717) is 0 Å². The van der Waals surface area contributed by atoms with E-state index >= 15 is 0 Å². The lowest BCUT2D eigenvalue weighted by atomic mass is 10.2. The molecule has 0 aliphatic carbocycles. The second-order valence-electron chi connectivity index (χ2n) is 6.11. The van der Waals surface area contributed by atoms with E-state index in [-0.39, 0.29) is 16.9 Å². The van der Waals surface area contributed by atoms with Crippen molar-refractivity contribution in [3.63, 3.8) is 0 Å². The number of carbonyl (C=O) groups excluding carboxylic acids is 1. The number of rotatable bonds is 6. The molecular formula is C14H28O2Si. The predicted octanol–water partition coefficient (Wildman–Crippen LogP) is 4.32. The van der Waals surface area contributed by atoms with Gasteiger partial charge in [0.05, 0.1) is 0 Å². The highest BCUT2D eigenvalue weighted by molar-refractivity contribution is 6.74. The molecule has 0 aromatic carbocycles. The number of unbranched alkanes of at least 4 members (excludes halogenated alkanes) is 1. The van der Waals surface area contributed by atoms with Crippen molar-refractivity contribution in [1.82, 2.24) is 0 Å². The van der Waals surface area contributed by atoms with Gasteiger partial charge < -0.3 is 4.43 Å². The molecular weight excluding hydrogens is 228 g/mol. The highest BCUT2D eigenvalue weighted by atomic mass is 28.4. The third kappa shape index (κ3) is 5.64. The predicted molar refractivity (Wildman–Crippen MR) is 76.8 cm³/mol. The first-order valence-electron chi connectivity index (χ1n) is 6.50. The third-order valence-corrected chi connectivity index (χ3v) is 7.97. The third-order valence-electron chi connectivity index (χ3n) is 3.42. The Hall–Kier alpha value is -0.413. The van der Waals surface area contributed by atoms with Crippen LogP contribution >= 0.6 is 0 Å². The minimum atomic E-state index is -1.83. The molecule has 17 heavy (non-hydrogen) atoms. The largest absolute Gasteiger partial charge is 0.407 e. The molecule has 0 aliphatic rings. The quantitative estimate of drug-likeness (QED) is 0.522. The van der Waals surface area contributed by atoms with Crippen molar-refractivity contribution in [1.29, 1.82) is 0 Å². The second kappa shape index (κ2) is 6.50. The fraction of sp³-hybridized carbons (Fsp3) is 0.786. The molecule has 2 nitrogen and oxygen atoms in total. The molecule has 0 aromatic rings. The summed E-state index contributed by atoms with van der Waals surface area (Å²) in [6.45, 7) is 14.9. The Labute approximate surface area is 108 Å². The van der Waals surface area contributed by atoms with E-state index in [1.165, 1.54) is 0 Å². The average molecular weight is 256 g/mol. The molecule has 0 rings (SSSR count). The van der Waals surface area contributed by atoms with Crippen molar-refractivity contribution in [2.24, 2.45) is 0 Å². The van der Waals surface area contributed by atoms with Crippen LogP contribution < -0.4 is 0 Å². The van der Waals surface area contributed by atoms with Crippen LogP contribution in [0.5, 0.6) is 0 Å². The standard InChI is InChI=1S/C14H28O2Si/c1-8-9-10-11-13(15)12(2)16-17(6,7)14(3,4)5/h10-12H,8-9H2,1-7H3. The molecule has 0 saturated heterocycles. The molecule has 3 heteroatoms. The summed E-state index contributed by atoms with van der Waals surface area (Å²) in [6, 6.07) is 0. The van der Waals surface area contributed by atoms with Crippen LogP contribution in [0, 0.1) is 0 Å². The van der Waals surface area contributed by atoms with Crippen LogP contribution in [0.1, 0.15) is 47.5 Å². The van der Waals surface area contributed by atoms with Gasteiger partial charge in [-0.25, -0.2) is 0 Å². The first-order chi connectivity index (χ1) is 7.62. The van der Waals surface area contributed by atoms with E-state index in [9.17, 15) is 4.79 Å². The molecule has 0 amide bonds. The lowest BCUT2D eigenvalue weighted by Gasteiger charge is -2.37. The Balaban J connectivity index is 4.44. The van der Waals surface area contributed by atoms with Crippen molar-refractivity contribution in [3.05, 3.63) is 12.2 Å². The summed E-state index contributed by atoms with van der Waals surface area (Å²) in [5.41, 5.74) is 0. The summed E-state index contributed by atoms with van der Waals surface area (Å²) in [4.78, 5) is 11.8. The van der Waals surface area contributed by atoms with Gasteiger partial charge in [0.25, 0.3) is 0 Å². The van der Waals surface area contributed by atoms with Gasteiger partial charge in [0.1, 0.15) is 6.10 Å². The zero-order chi connectivity index (χ0) is 13.7. The molecule has 0 fully saturated rings. The van der Waals surface area contributed by atoms with E-state index in [1.54, 1.807) is 6.08 Å². The Morgan fingerprint density at radius 3 is 2.29 bits per heavy atom. The van der Waals surface area contributed by atoms with Crippen molar-refractivity contribution < 1.29 is 9.22 Å². The molecule has 1 unspecified atom stereocenters. The SMILES string of the molecule is CCCC=CC(=O)C(C)O[Si](C)(C)C(C)(C)C. The highest BCUT2D eigenvalue weighted by Gasteiger charge is 2.39. The Morgan fingerprint density at radius 1 is 1.35 bits per heavy atom. The molecule has 0 aliphatic heterocycles. The van der Waals surface area contributed by atoms with Crippen LogP contribution in [0.25, 0.3) is 0 Å². The van der Waals surface area contributed by atoms with Crippen molar-refractivity contribution in [3.8, 4) is 0 Å². The van der Waals surface area contributed by atoms with E-state index in [1.807, 2.05) is 13.0 Å². The van der Waals surface area contributed by atoms with Gasteiger partial charge >= 0.3 is 0 Å². The summed E-state index contributed by atoms with van der Waals surface area (Å²) in [7, 11) is -1.83. The molecule has 0 bridgehead atoms. The normalized spacial score (nSPS) is 15.2. The van der Waals surface area contributed by atoms with Gasteiger partial charge in [0.15, 0.2) is 14.1 Å². The van der Waals surface area contributed by atoms with E-state index < -0.39 is 8.32 Å². The van der Waals surface area contributed by atoms with Gasteiger partial charge in [-0.15, -0.1) is 0 Å². The Kier molecular flexibility index (Phi) is 6.34. The highest BCUT2D eigenvalue weighted by Crippen LogP contribution is 2.37. The van der Waals surface area contributed by atoms with Gasteiger partial charge in [0.2, 0.25) is 0 Å². The molecule has 0 heterocycles. The van der Waals surface area contributed by atoms with E-state index in [2.05, 4.69) is 40.8 Å². The van der Waals surface area contributed by atoms with Crippen LogP contribution in [0.2, 0.25) is 18.1 Å². The fourth-order valence-corrected chi connectivity index (χ4v) is 2.53. The fourth-order valence-electron chi connectivity index (χ4n) is 1.18.